The van der Waals surface area contributed by atoms with Crippen molar-refractivity contribution in [1.29, 1.82) is 0 Å². The van der Waals surface area contributed by atoms with E-state index >= 15 is 0 Å². The molecule has 4 rings (SSSR count). The van der Waals surface area contributed by atoms with Crippen molar-refractivity contribution in [2.45, 2.75) is 96.7 Å². The zero-order valence-corrected chi connectivity index (χ0v) is 18.0. The minimum atomic E-state index is -2.22. The maximum Gasteiger partial charge on any atom is 0.302 e. The lowest BCUT2D eigenvalue weighted by Crippen LogP contribution is -2.61. The molecule has 4 saturated carbocycles. The number of carbonyl (C=O) groups excluding carboxylic acids is 1. The number of nitrogens with zero attached hydrogens (tertiary/aromatic N) is 2. The Balaban J connectivity index is 2.03. The lowest BCUT2D eigenvalue weighted by Gasteiger charge is -2.56. The fraction of sp³-hybridized carbons (Fsp3) is 0.905. The molecule has 0 aromatic rings. The van der Waals surface area contributed by atoms with E-state index in [1.165, 1.54) is 19.3 Å². The summed E-state index contributed by atoms with van der Waals surface area (Å²) >= 11 is 0. The number of rotatable bonds is 6. The van der Waals surface area contributed by atoms with E-state index in [1.807, 2.05) is 0 Å². The highest BCUT2D eigenvalue weighted by atomic mass is 28.3. The van der Waals surface area contributed by atoms with Crippen LogP contribution in [0.2, 0.25) is 16.6 Å². The smallest absolute Gasteiger partial charge is 0.302 e. The zero-order chi connectivity index (χ0) is 18.6. The summed E-state index contributed by atoms with van der Waals surface area (Å²) in [5, 5.41) is 0.620. The molecule has 0 unspecified atom stereocenters. The van der Waals surface area contributed by atoms with Crippen LogP contribution < -0.4 is 0 Å². The molecule has 4 bridgehead atoms. The summed E-state index contributed by atoms with van der Waals surface area (Å²) in [5.74, 6) is 2.46. The third-order valence-electron chi connectivity index (χ3n) is 8.11. The van der Waals surface area contributed by atoms with Gasteiger partial charge in [0.1, 0.15) is 0 Å². The number of ketones is 1. The lowest BCUT2D eigenvalue weighted by atomic mass is 9.48. The number of carbonyl (C=O) groups is 1. The first-order chi connectivity index (χ1) is 11.7. The van der Waals surface area contributed by atoms with Gasteiger partial charge in [-0.2, -0.15) is 4.79 Å². The molecule has 4 aliphatic rings. The van der Waals surface area contributed by atoms with E-state index in [9.17, 15) is 10.3 Å². The second-order valence-electron chi connectivity index (χ2n) is 10.4. The lowest BCUT2D eigenvalue weighted by molar-refractivity contribution is -0.140. The molecular weight excluding hydrogens is 324 g/mol. The molecule has 0 atom stereocenters. The second kappa shape index (κ2) is 6.46. The van der Waals surface area contributed by atoms with Crippen LogP contribution in [0.25, 0.3) is 5.53 Å². The normalized spacial score (nSPS) is 34.0. The van der Waals surface area contributed by atoms with Crippen molar-refractivity contribution in [3.8, 4) is 0 Å². The topological polar surface area (TPSA) is 53.5 Å². The Morgan fingerprint density at radius 1 is 0.880 bits per heavy atom. The third kappa shape index (κ3) is 2.71. The van der Waals surface area contributed by atoms with E-state index < -0.39 is 8.07 Å². The van der Waals surface area contributed by atoms with Crippen molar-refractivity contribution in [1.82, 2.24) is 0 Å². The molecule has 4 aliphatic carbocycles. The maximum absolute atomic E-state index is 13.9. The first-order valence-corrected chi connectivity index (χ1v) is 12.7. The Bertz CT molecular complexity index is 544. The van der Waals surface area contributed by atoms with Crippen LogP contribution >= 0.6 is 0 Å². The summed E-state index contributed by atoms with van der Waals surface area (Å²) < 4.78 is 0. The average molecular weight is 361 g/mol. The van der Waals surface area contributed by atoms with Crippen molar-refractivity contribution in [2.24, 2.45) is 23.2 Å². The Labute approximate surface area is 154 Å². The van der Waals surface area contributed by atoms with Crippen molar-refractivity contribution in [3.63, 3.8) is 0 Å². The highest BCUT2D eigenvalue weighted by Crippen LogP contribution is 2.61. The molecule has 0 aromatic heterocycles. The summed E-state index contributed by atoms with van der Waals surface area (Å²) in [4.78, 5) is 17.7. The number of hydrogen-bond acceptors (Lipinski definition) is 1. The van der Waals surface area contributed by atoms with Gasteiger partial charge in [-0.3, -0.25) is 4.79 Å². The molecule has 25 heavy (non-hydrogen) atoms. The molecule has 140 valence electrons. The molecule has 0 saturated heterocycles. The summed E-state index contributed by atoms with van der Waals surface area (Å²) in [6.07, 6.45) is 7.15. The predicted octanol–water partition coefficient (Wildman–Crippen LogP) is 5.66. The van der Waals surface area contributed by atoms with Crippen LogP contribution in [-0.4, -0.2) is 24.0 Å². The van der Waals surface area contributed by atoms with Gasteiger partial charge in [0.2, 0.25) is 13.9 Å². The van der Waals surface area contributed by atoms with Gasteiger partial charge in [-0.1, -0.05) is 41.5 Å². The summed E-state index contributed by atoms with van der Waals surface area (Å²) in [6, 6.07) is 0. The van der Waals surface area contributed by atoms with Crippen LogP contribution in [-0.2, 0) is 4.79 Å². The zero-order valence-electron chi connectivity index (χ0n) is 17.0. The van der Waals surface area contributed by atoms with E-state index in [1.54, 1.807) is 0 Å². The maximum atomic E-state index is 13.9. The van der Waals surface area contributed by atoms with Gasteiger partial charge >= 0.3 is 5.33 Å². The van der Waals surface area contributed by atoms with Crippen LogP contribution in [0.1, 0.15) is 80.1 Å². The highest BCUT2D eigenvalue weighted by molar-refractivity contribution is 7.16. The third-order valence-corrected chi connectivity index (χ3v) is 15.0. The molecular formula is C21H36N2OSi. The van der Waals surface area contributed by atoms with Gasteiger partial charge < -0.3 is 5.53 Å². The Morgan fingerprint density at radius 2 is 1.24 bits per heavy atom. The molecule has 0 N–H and O–H groups in total. The van der Waals surface area contributed by atoms with E-state index in [4.69, 9.17) is 0 Å². The summed E-state index contributed by atoms with van der Waals surface area (Å²) in [7, 11) is -2.22. The van der Waals surface area contributed by atoms with Gasteiger partial charge in [0.15, 0.2) is 0 Å². The average Bonchev–Trinajstić information content (AvgIpc) is 2.49. The van der Waals surface area contributed by atoms with Gasteiger partial charge in [0, 0.05) is 5.41 Å². The molecule has 4 heteroatoms. The molecule has 0 radical (unpaired) electrons. The van der Waals surface area contributed by atoms with E-state index in [0.717, 1.165) is 37.0 Å². The molecule has 0 amide bonds. The first kappa shape index (κ1) is 19.0. The van der Waals surface area contributed by atoms with Gasteiger partial charge in [0.05, 0.1) is 0 Å². The van der Waals surface area contributed by atoms with Gasteiger partial charge in [-0.05, 0) is 72.9 Å². The Morgan fingerprint density at radius 3 is 1.52 bits per heavy atom. The molecule has 4 fully saturated rings. The van der Waals surface area contributed by atoms with Crippen LogP contribution in [0.5, 0.6) is 0 Å². The largest absolute Gasteiger partial charge is 0.362 e. The molecule has 3 nitrogen and oxygen atoms in total. The van der Waals surface area contributed by atoms with E-state index in [0.29, 0.717) is 22.0 Å². The predicted molar refractivity (Wildman–Crippen MR) is 105 cm³/mol. The van der Waals surface area contributed by atoms with E-state index in [-0.39, 0.29) is 11.2 Å². The Kier molecular flexibility index (Phi) is 4.92. The van der Waals surface area contributed by atoms with E-state index in [2.05, 4.69) is 46.3 Å². The molecule has 0 spiro atoms. The van der Waals surface area contributed by atoms with Crippen LogP contribution in [0.4, 0.5) is 0 Å². The van der Waals surface area contributed by atoms with Crippen LogP contribution in [0.15, 0.2) is 0 Å². The minimum absolute atomic E-state index is 0.201. The van der Waals surface area contributed by atoms with Gasteiger partial charge in [-0.25, -0.2) is 0 Å². The monoisotopic (exact) mass is 360 g/mol. The summed E-state index contributed by atoms with van der Waals surface area (Å²) in [6.45, 7) is 13.4. The quantitative estimate of drug-likeness (QED) is 0.261. The fourth-order valence-electron chi connectivity index (χ4n) is 7.79. The van der Waals surface area contributed by atoms with Gasteiger partial charge in [-0.15, -0.1) is 0 Å². The SMILES string of the molecule is CC(C)[Si](C(=[N+]=[N-])C(=O)C12CC3CC(CC(C3)C1)C2)(C(C)C)C(C)C. The molecule has 0 aliphatic heterocycles. The van der Waals surface area contributed by atoms with Crippen molar-refractivity contribution in [3.05, 3.63) is 5.53 Å². The second-order valence-corrected chi connectivity index (χ2v) is 16.2. The van der Waals surface area contributed by atoms with Crippen LogP contribution in [0.3, 0.4) is 0 Å². The van der Waals surface area contributed by atoms with Crippen molar-refractivity contribution >= 4 is 19.2 Å². The van der Waals surface area contributed by atoms with Gasteiger partial charge in [0.25, 0.3) is 0 Å². The summed E-state index contributed by atoms with van der Waals surface area (Å²) in [5.41, 5.74) is 11.1. The first-order valence-electron chi connectivity index (χ1n) is 10.4. The minimum Gasteiger partial charge on any atom is -0.362 e. The molecule has 0 aromatic carbocycles. The van der Waals surface area contributed by atoms with Crippen LogP contribution in [0, 0.1) is 23.2 Å². The number of hydrogen-bond donors (Lipinski definition) is 0. The van der Waals surface area contributed by atoms with Crippen molar-refractivity contribution in [2.75, 3.05) is 0 Å². The fourth-order valence-corrected chi connectivity index (χ4v) is 14.3. The molecule has 0 heterocycles. The Hall–Kier alpha value is -0.733. The highest BCUT2D eigenvalue weighted by Gasteiger charge is 2.63. The van der Waals surface area contributed by atoms with Crippen molar-refractivity contribution < 1.29 is 9.58 Å². The number of Topliss-reactive ketones (excluding diaryl/α,β-unsaturated/α-hetero) is 1. The standard InChI is InChI=1S/C21H36N2OSi/c1-13(2)25(14(3)4,15(5)6)20(23-22)19(24)21-10-16-7-17(11-21)9-18(8-16)12-21/h13-18H,7-12H2,1-6H3.